The van der Waals surface area contributed by atoms with E-state index in [1.54, 1.807) is 26.0 Å². The largest absolute Gasteiger partial charge is 0.488 e. The molecule has 0 radical (unpaired) electrons. The smallest absolute Gasteiger partial charge is 0.462 e. The molecule has 6 aromatic heterocycles. The minimum absolute atomic E-state index is 0.0601. The topological polar surface area (TPSA) is 778 Å². The highest BCUT2D eigenvalue weighted by molar-refractivity contribution is 8.08. The fourth-order valence-electron chi connectivity index (χ4n) is 15.4. The predicted molar refractivity (Wildman–Crippen MR) is 465 cm³/mol. The molecule has 4 aliphatic rings. The Balaban J connectivity index is 0.000000255. The van der Waals surface area contributed by atoms with Gasteiger partial charge in [0.2, 0.25) is 23.7 Å². The van der Waals surface area contributed by atoms with Crippen LogP contribution in [-0.2, 0) is 106 Å². The molecule has 0 saturated carbocycles. The molecule has 20 N–H and O–H groups in total. The minimum Gasteiger partial charge on any atom is -0.462 e. The SMILES string of the molecule is CCOC(=O)c1cc2cc3c(cc2oc1=O)N(CCCC(=O)NCCNC(=O)O[C@@H]1[C@H](O)[C@@H](COP(=O)(O)OP(=O)(O)OP(O)(O)=S)O[C@H]1n1cnc2c(=O)[nH]c(N)nc21)C(C)(C)CC3C.CCOC(=O)c1cc2cc3c(cc2oc1=O)N(CCCC(=O)NCCNC(=O)O[C@H]1[C@@H](O)[C@H](n2cnc4c(=O)[nH]c(N)nc42)O[C@@H]1COP(=O)(O)OP(=O)(O)OP(O)(O)=S)C(C)(C)CC3C. The van der Waals surface area contributed by atoms with Gasteiger partial charge in [-0.25, -0.2) is 65.6 Å². The van der Waals surface area contributed by atoms with E-state index in [1.807, 2.05) is 12.1 Å². The first-order valence-corrected chi connectivity index (χ1v) is 51.0. The summed E-state index contributed by atoms with van der Waals surface area (Å²) < 4.78 is 120. The van der Waals surface area contributed by atoms with E-state index in [0.29, 0.717) is 42.3 Å². The lowest BCUT2D eigenvalue weighted by Crippen LogP contribution is -2.49. The summed E-state index contributed by atoms with van der Waals surface area (Å²) in [5, 5.41) is 33.8. The van der Waals surface area contributed by atoms with Crippen LogP contribution in [0.5, 0.6) is 0 Å². The molecule has 0 bridgehead atoms. The number of aromatic amines is 2. The number of aromatic nitrogens is 8. The first-order valence-electron chi connectivity index (χ1n) is 39.8. The number of hydrogen-bond acceptors (Lipinski definition) is 40. The lowest BCUT2D eigenvalue weighted by molar-refractivity contribution is -0.121. The summed E-state index contributed by atoms with van der Waals surface area (Å²) in [6.07, 6.45) is -11.4. The second-order valence-corrected chi connectivity index (χ2v) is 43.0. The molecule has 2 aromatic carbocycles. The number of hydrogen-bond donors (Lipinski definition) is 18. The number of carbonyl (C=O) groups is 6. The highest BCUT2D eigenvalue weighted by Gasteiger charge is 2.53. The van der Waals surface area contributed by atoms with Crippen molar-refractivity contribution < 1.29 is 160 Å². The van der Waals surface area contributed by atoms with Crippen LogP contribution in [0.4, 0.5) is 32.9 Å². The maximum Gasteiger partial charge on any atom is 0.488 e. The van der Waals surface area contributed by atoms with Crippen molar-refractivity contribution in [2.75, 3.05) is 87.0 Å². The van der Waals surface area contributed by atoms with Crippen molar-refractivity contribution in [1.82, 2.24) is 60.3 Å². The van der Waals surface area contributed by atoms with Gasteiger partial charge in [-0.2, -0.15) is 18.6 Å². The van der Waals surface area contributed by atoms with Gasteiger partial charge in [0, 0.05) is 97.5 Å². The van der Waals surface area contributed by atoms with Gasteiger partial charge in [-0.1, -0.05) is 13.8 Å². The third-order valence-corrected chi connectivity index (χ3v) is 29.5. The van der Waals surface area contributed by atoms with Crippen LogP contribution in [0.2, 0.25) is 0 Å². The van der Waals surface area contributed by atoms with Gasteiger partial charge >= 0.3 is 80.1 Å². The maximum atomic E-state index is 13.0. The second kappa shape index (κ2) is 41.5. The lowest BCUT2D eigenvalue weighted by Gasteiger charge is -2.47. The number of aliphatic hydroxyl groups is 2. The molecule has 0 aliphatic carbocycles. The summed E-state index contributed by atoms with van der Waals surface area (Å²) in [6, 6.07) is 10.3. The van der Waals surface area contributed by atoms with E-state index in [0.717, 1.165) is 57.1 Å². The number of rotatable bonds is 36. The molecule has 14 atom stereocenters. The highest BCUT2D eigenvalue weighted by Crippen LogP contribution is 2.68. The number of carbonyl (C=O) groups excluding carboxylic acids is 6. The van der Waals surface area contributed by atoms with E-state index in [2.05, 4.69) is 148 Å². The van der Waals surface area contributed by atoms with Crippen LogP contribution in [0.3, 0.4) is 0 Å². The molecule has 2 saturated heterocycles. The fraction of sp³-hybridized carbons (Fsp3) is 0.514. The average molecular weight is 2020 g/mol. The molecule has 8 aromatic rings. The van der Waals surface area contributed by atoms with Crippen molar-refractivity contribution in [1.29, 1.82) is 0 Å². The number of H-pyrrole nitrogens is 2. The highest BCUT2D eigenvalue weighted by atomic mass is 32.5. The maximum absolute atomic E-state index is 13.0. The van der Waals surface area contributed by atoms with Crippen LogP contribution in [-0.4, -0.2) is 238 Å². The number of nitrogen functional groups attached to an aromatic ring is 2. The van der Waals surface area contributed by atoms with Gasteiger partial charge in [0.05, 0.1) is 39.1 Å². The van der Waals surface area contributed by atoms with Crippen molar-refractivity contribution in [3.8, 4) is 0 Å². The molecular weight excluding hydrogens is 1920 g/mol. The van der Waals surface area contributed by atoms with E-state index in [1.165, 1.54) is 12.1 Å². The average Bonchev–Trinajstić information content (AvgIpc) is 1.19. The van der Waals surface area contributed by atoms with E-state index >= 15 is 0 Å². The van der Waals surface area contributed by atoms with E-state index in [9.17, 15) is 106 Å². The number of aliphatic hydroxyl groups excluding tert-OH is 2. The van der Waals surface area contributed by atoms with Crippen molar-refractivity contribution in [3.63, 3.8) is 0 Å². The Morgan fingerprint density at radius 3 is 1.33 bits per heavy atom. The van der Waals surface area contributed by atoms with Crippen LogP contribution in [0.1, 0.15) is 150 Å². The van der Waals surface area contributed by atoms with Crippen molar-refractivity contribution in [2.24, 2.45) is 0 Å². The molecular formula is C70H94N16O38P6S2. The predicted octanol–water partition coefficient (Wildman–Crippen LogP) is 2.97. The first kappa shape index (κ1) is 103. The van der Waals surface area contributed by atoms with Crippen LogP contribution in [0, 0.1) is 0 Å². The molecule has 62 heteroatoms. The molecule has 2 fully saturated rings. The van der Waals surface area contributed by atoms with Crippen LogP contribution >= 0.6 is 44.7 Å². The molecule has 4 aliphatic heterocycles. The Morgan fingerprint density at radius 1 is 0.538 bits per heavy atom. The zero-order valence-corrected chi connectivity index (χ0v) is 77.8. The molecule has 0 spiro atoms. The van der Waals surface area contributed by atoms with E-state index in [-0.39, 0.29) is 138 Å². The number of nitrogens with one attached hydrogen (secondary N) is 6. The molecule has 6 unspecified atom stereocenters. The second-order valence-electron chi connectivity index (χ2n) is 31.3. The monoisotopic (exact) mass is 2020 g/mol. The number of phosphoric ester groups is 2. The van der Waals surface area contributed by atoms with Gasteiger partial charge in [-0.15, -0.1) is 0 Å². The van der Waals surface area contributed by atoms with Gasteiger partial charge in [0.1, 0.15) is 46.7 Å². The van der Waals surface area contributed by atoms with E-state index in [4.69, 9.17) is 63.0 Å². The standard InChI is InChI=1S/2C35H47N8O19P3S/c1-5-56-31(47)20-12-18-11-19-17(2)14-35(3,4)43(21(19)13-22(18)59-32(20)48)10-6-7-24(44)37-8-9-38-34(49)60-27-23(15-57-63(50,51)61-64(52,53)62-65(54,55)66)58-30(26(27)45)42-16-39-25-28(42)40-33(36)41-29(25)46;1-5-56-31(47)20-12-18-11-19-17(2)14-35(3,4)43(21(19)13-22(18)59-32(20)48)10-6-7-24(44)37-8-9-38-34(49)60-27-26(45)23(15-57-63(50,51)61-64(52,53)62-65(54,55)66)58-30(27)42-16-39-25-28(42)40-33(36)41-29(25)46/h2*11-13,16-17,23,26-27,30,45H,5-10,14-15H2,1-4H3,(H,37,44)(H,38,49)(H,50,51)(H,52,53)(H2,54,55,66)(H3,36,40,41,46)/t2*17?,23-,26-,27-,30-/m11/s1. The fourth-order valence-corrected chi connectivity index (χ4v) is 23.0. The molecule has 4 amide bonds. The summed E-state index contributed by atoms with van der Waals surface area (Å²) in [5.74, 6) is -2.68. The Hall–Kier alpha value is -9.32. The summed E-state index contributed by atoms with van der Waals surface area (Å²) in [7, 11) is -22.6. The van der Waals surface area contributed by atoms with Gasteiger partial charge in [-0.3, -0.25) is 47.3 Å². The van der Waals surface area contributed by atoms with Crippen molar-refractivity contribution in [3.05, 3.63) is 113 Å². The zero-order valence-electron chi connectivity index (χ0n) is 70.8. The number of ether oxygens (including phenoxy) is 6. The van der Waals surface area contributed by atoms with Gasteiger partial charge in [0.25, 0.3) is 11.1 Å². The molecule has 54 nitrogen and oxygen atoms in total. The molecule has 12 rings (SSSR count). The number of nitrogens with two attached hydrogens (primary N) is 2. The number of benzene rings is 2. The quantitative estimate of drug-likeness (QED) is 0.00882. The molecule has 724 valence electrons. The number of nitrogens with zero attached hydrogens (tertiary/aromatic N) is 8. The van der Waals surface area contributed by atoms with Crippen molar-refractivity contribution >= 4 is 172 Å². The van der Waals surface area contributed by atoms with Gasteiger partial charge in [0.15, 0.2) is 47.0 Å². The Kier molecular flexibility index (Phi) is 32.4. The number of phosphoric acid groups is 4. The molecule has 10 heterocycles. The van der Waals surface area contributed by atoms with Crippen LogP contribution in [0.25, 0.3) is 44.3 Å². The Bertz CT molecular complexity index is 6300. The summed E-state index contributed by atoms with van der Waals surface area (Å²) in [5.41, 5.74) is 10.5. The number of anilines is 4. The number of alkyl carbamates (subject to hydrolysis) is 2. The lowest BCUT2D eigenvalue weighted by atomic mass is 9.79. The first-order chi connectivity index (χ1) is 61.6. The summed E-state index contributed by atoms with van der Waals surface area (Å²) in [4.78, 5) is 227. The summed E-state index contributed by atoms with van der Waals surface area (Å²) in [6.45, 7) is 4.38. The van der Waals surface area contributed by atoms with Gasteiger partial charge < -0.3 is 129 Å². The van der Waals surface area contributed by atoms with E-state index < -0.39 is 154 Å². The van der Waals surface area contributed by atoms with Crippen molar-refractivity contribution in [2.45, 2.75) is 166 Å². The van der Waals surface area contributed by atoms with Crippen LogP contribution in [0.15, 0.2) is 77.1 Å². The Morgan fingerprint density at radius 2 is 0.924 bits per heavy atom. The minimum atomic E-state index is -5.70. The number of esters is 2. The normalized spacial score (nSPS) is 22.3. The Labute approximate surface area is 754 Å². The number of fused-ring (bicyclic) bond motifs is 6. The number of amides is 4. The zero-order chi connectivity index (χ0) is 97.0. The third-order valence-electron chi connectivity index (χ3n) is 20.7. The van der Waals surface area contributed by atoms with Gasteiger partial charge in [-0.05, 0) is 138 Å². The van der Waals surface area contributed by atoms with Crippen LogP contribution < -0.4 is 64.9 Å². The molecule has 132 heavy (non-hydrogen) atoms. The third kappa shape index (κ3) is 25.8. The number of imidazole rings is 2. The summed E-state index contributed by atoms with van der Waals surface area (Å²) >= 11 is 8.13.